The lowest BCUT2D eigenvalue weighted by Gasteiger charge is -2.21. The maximum Gasteiger partial charge on any atom is 0.414 e. The highest BCUT2D eigenvalue weighted by molar-refractivity contribution is 6.01. The van der Waals surface area contributed by atoms with E-state index in [-0.39, 0.29) is 13.2 Å². The molecule has 0 bridgehead atoms. The van der Waals surface area contributed by atoms with Crippen LogP contribution in [-0.4, -0.2) is 53.5 Å². The summed E-state index contributed by atoms with van der Waals surface area (Å²) in [6.07, 6.45) is -2.89. The first-order valence-corrected chi connectivity index (χ1v) is 11.2. The number of benzene rings is 2. The minimum Gasteiger partial charge on any atom is -0.480 e. The van der Waals surface area contributed by atoms with E-state index >= 15 is 0 Å². The average molecular weight is 515 g/mol. The number of alkyl carbamates (subject to hydrolysis) is 3. The van der Waals surface area contributed by atoms with Crippen molar-refractivity contribution in [2.45, 2.75) is 45.6 Å². The number of carboxylic acid groups (broad SMARTS) is 1. The van der Waals surface area contributed by atoms with E-state index < -0.39 is 48.4 Å². The third-order valence-electron chi connectivity index (χ3n) is 4.29. The maximum absolute atomic E-state index is 12.3. The van der Waals surface area contributed by atoms with Gasteiger partial charge in [0.1, 0.15) is 24.9 Å². The Morgan fingerprint density at radius 1 is 0.811 bits per heavy atom. The number of nitrogens with one attached hydrogen (secondary N) is 3. The second-order valence-corrected chi connectivity index (χ2v) is 8.60. The molecule has 3 amide bonds. The molecule has 1 atom stereocenters. The van der Waals surface area contributed by atoms with Crippen molar-refractivity contribution in [2.24, 2.45) is 4.99 Å². The van der Waals surface area contributed by atoms with Gasteiger partial charge in [-0.2, -0.15) is 0 Å². The summed E-state index contributed by atoms with van der Waals surface area (Å²) in [6, 6.07) is 16.2. The van der Waals surface area contributed by atoms with E-state index in [0.29, 0.717) is 0 Å². The molecule has 0 unspecified atom stereocenters. The first-order valence-electron chi connectivity index (χ1n) is 11.2. The summed E-state index contributed by atoms with van der Waals surface area (Å²) in [4.78, 5) is 52.1. The third kappa shape index (κ3) is 12.1. The van der Waals surface area contributed by atoms with Crippen LogP contribution in [0.15, 0.2) is 65.7 Å². The molecule has 0 aliphatic rings. The van der Waals surface area contributed by atoms with Gasteiger partial charge in [0.15, 0.2) is 0 Å². The second-order valence-electron chi connectivity index (χ2n) is 8.60. The Hall–Kier alpha value is -4.61. The Balaban J connectivity index is 2.06. The molecule has 0 aliphatic heterocycles. The average Bonchev–Trinajstić information content (AvgIpc) is 2.84. The topological polar surface area (TPSA) is 165 Å². The molecule has 0 aromatic heterocycles. The number of ether oxygens (including phenoxy) is 3. The number of hydrogen-bond acceptors (Lipinski definition) is 8. The zero-order valence-electron chi connectivity index (χ0n) is 20.7. The number of rotatable bonds is 8. The smallest absolute Gasteiger partial charge is 0.414 e. The summed E-state index contributed by atoms with van der Waals surface area (Å²) in [5, 5.41) is 16.1. The number of aliphatic imine (C=N–C) groups is 1. The van der Waals surface area contributed by atoms with Gasteiger partial charge >= 0.3 is 24.2 Å². The minimum atomic E-state index is -1.52. The van der Waals surface area contributed by atoms with Crippen LogP contribution in [-0.2, 0) is 32.2 Å². The first kappa shape index (κ1) is 28.6. The largest absolute Gasteiger partial charge is 0.480 e. The molecule has 198 valence electrons. The fraction of sp³-hybridized carbons (Fsp3) is 0.320. The Morgan fingerprint density at radius 2 is 1.27 bits per heavy atom. The lowest BCUT2D eigenvalue weighted by atomic mass is 10.2. The monoisotopic (exact) mass is 514 g/mol. The quantitative estimate of drug-likeness (QED) is 0.237. The molecule has 0 radical (unpaired) electrons. The molecule has 2 rings (SSSR count). The third-order valence-corrected chi connectivity index (χ3v) is 4.29. The van der Waals surface area contributed by atoms with Crippen molar-refractivity contribution < 1.29 is 38.5 Å². The van der Waals surface area contributed by atoms with Gasteiger partial charge in [-0.1, -0.05) is 60.7 Å². The van der Waals surface area contributed by atoms with Crippen LogP contribution in [0.25, 0.3) is 0 Å². The summed E-state index contributed by atoms with van der Waals surface area (Å²) < 4.78 is 15.3. The van der Waals surface area contributed by atoms with E-state index in [4.69, 9.17) is 14.2 Å². The highest BCUT2D eigenvalue weighted by Gasteiger charge is 2.24. The summed E-state index contributed by atoms with van der Waals surface area (Å²) in [6.45, 7) is 4.19. The number of hydrogen-bond donors (Lipinski definition) is 4. The van der Waals surface area contributed by atoms with Crippen molar-refractivity contribution in [3.8, 4) is 0 Å². The van der Waals surface area contributed by atoms with E-state index in [2.05, 4.69) is 20.9 Å². The highest BCUT2D eigenvalue weighted by Crippen LogP contribution is 2.07. The minimum absolute atomic E-state index is 0.0592. The zero-order valence-corrected chi connectivity index (χ0v) is 20.7. The first-order chi connectivity index (χ1) is 17.5. The van der Waals surface area contributed by atoms with Crippen molar-refractivity contribution in [3.05, 3.63) is 71.8 Å². The van der Waals surface area contributed by atoms with E-state index in [1.54, 1.807) is 69.3 Å². The van der Waals surface area contributed by atoms with Gasteiger partial charge in [-0.15, -0.1) is 0 Å². The molecule has 0 saturated carbocycles. The van der Waals surface area contributed by atoms with E-state index in [1.165, 1.54) is 0 Å². The SMILES string of the molecule is CC(C)(C)OC(=O)N[C@@H](CN=C(NC(=O)OCc1ccccc1)NC(=O)OCc1ccccc1)C(=O)O. The molecule has 12 heteroatoms. The second kappa shape index (κ2) is 14.1. The molecule has 2 aromatic carbocycles. The van der Waals surface area contributed by atoms with Gasteiger partial charge in [-0.3, -0.25) is 10.6 Å². The fourth-order valence-electron chi connectivity index (χ4n) is 2.64. The number of carbonyl (C=O) groups excluding carboxylic acids is 3. The Labute approximate surface area is 214 Å². The normalized spacial score (nSPS) is 11.3. The number of guanidine groups is 1. The van der Waals surface area contributed by atoms with Crippen molar-refractivity contribution in [1.29, 1.82) is 0 Å². The molecule has 0 aliphatic carbocycles. The van der Waals surface area contributed by atoms with Gasteiger partial charge in [-0.25, -0.2) is 24.2 Å². The molecule has 0 saturated heterocycles. The molecule has 2 aromatic rings. The number of carbonyl (C=O) groups is 4. The van der Waals surface area contributed by atoms with E-state index in [0.717, 1.165) is 11.1 Å². The van der Waals surface area contributed by atoms with Crippen LogP contribution in [0.4, 0.5) is 14.4 Å². The van der Waals surface area contributed by atoms with Crippen molar-refractivity contribution in [2.75, 3.05) is 6.54 Å². The summed E-state index contributed by atoms with van der Waals surface area (Å²) in [5.74, 6) is -1.85. The number of aliphatic carboxylic acids is 1. The number of carboxylic acids is 1. The van der Waals surface area contributed by atoms with Crippen molar-refractivity contribution in [1.82, 2.24) is 16.0 Å². The summed E-state index contributed by atoms with van der Waals surface area (Å²) in [5.41, 5.74) is 0.591. The number of amides is 3. The van der Waals surface area contributed by atoms with Crippen LogP contribution >= 0.6 is 0 Å². The van der Waals surface area contributed by atoms with Crippen LogP contribution in [0.2, 0.25) is 0 Å². The Morgan fingerprint density at radius 3 is 1.68 bits per heavy atom. The van der Waals surface area contributed by atoms with Crippen molar-refractivity contribution >= 4 is 30.2 Å². The Bertz CT molecular complexity index is 1030. The molecular formula is C25H30N4O8. The van der Waals surface area contributed by atoms with Gasteiger partial charge in [0.05, 0.1) is 6.54 Å². The molecule has 0 spiro atoms. The molecule has 37 heavy (non-hydrogen) atoms. The van der Waals surface area contributed by atoms with Crippen LogP contribution in [0.5, 0.6) is 0 Å². The molecule has 12 nitrogen and oxygen atoms in total. The summed E-state index contributed by atoms with van der Waals surface area (Å²) >= 11 is 0. The van der Waals surface area contributed by atoms with Crippen LogP contribution in [0, 0.1) is 0 Å². The molecule has 0 heterocycles. The van der Waals surface area contributed by atoms with Gasteiger partial charge in [0.2, 0.25) is 5.96 Å². The predicted octanol–water partition coefficient (Wildman–Crippen LogP) is 3.17. The van der Waals surface area contributed by atoms with Gasteiger partial charge in [-0.05, 0) is 31.9 Å². The lowest BCUT2D eigenvalue weighted by molar-refractivity contribution is -0.139. The lowest BCUT2D eigenvalue weighted by Crippen LogP contribution is -2.48. The zero-order chi connectivity index (χ0) is 27.3. The van der Waals surface area contributed by atoms with Crippen LogP contribution < -0.4 is 16.0 Å². The fourth-order valence-corrected chi connectivity index (χ4v) is 2.64. The molecule has 4 N–H and O–H groups in total. The molecular weight excluding hydrogens is 484 g/mol. The van der Waals surface area contributed by atoms with E-state index in [1.807, 2.05) is 12.1 Å². The van der Waals surface area contributed by atoms with Crippen LogP contribution in [0.3, 0.4) is 0 Å². The van der Waals surface area contributed by atoms with Gasteiger partial charge in [0, 0.05) is 0 Å². The molecule has 0 fully saturated rings. The summed E-state index contributed by atoms with van der Waals surface area (Å²) in [7, 11) is 0. The standard InChI is InChI=1S/C25H30N4O8/c1-25(2,3)37-24(34)27-19(20(30)31)14-26-21(28-22(32)35-15-17-10-6-4-7-11-17)29-23(33)36-16-18-12-8-5-9-13-18/h4-13,19H,14-16H2,1-3H3,(H,27,34)(H,30,31)(H2,26,28,29,32,33)/t19-/m0/s1. The van der Waals surface area contributed by atoms with Gasteiger partial charge < -0.3 is 24.6 Å². The van der Waals surface area contributed by atoms with Crippen LogP contribution in [0.1, 0.15) is 31.9 Å². The van der Waals surface area contributed by atoms with Gasteiger partial charge in [0.25, 0.3) is 0 Å². The highest BCUT2D eigenvalue weighted by atomic mass is 16.6. The number of nitrogens with zero attached hydrogens (tertiary/aromatic N) is 1. The maximum atomic E-state index is 12.3. The van der Waals surface area contributed by atoms with Crippen molar-refractivity contribution in [3.63, 3.8) is 0 Å². The Kier molecular flexibility index (Phi) is 10.9. The predicted molar refractivity (Wildman–Crippen MR) is 133 cm³/mol. The van der Waals surface area contributed by atoms with E-state index in [9.17, 15) is 24.3 Å².